The number of carboxylic acid groups (broad SMARTS) is 1. The Morgan fingerprint density at radius 3 is 2.31 bits per heavy atom. The highest BCUT2D eigenvalue weighted by atomic mass is 31.1. The molecule has 1 aromatic heterocycles. The molecule has 3 atom stereocenters. The van der Waals surface area contributed by atoms with Gasteiger partial charge in [0.05, 0.1) is 24.1 Å². The summed E-state index contributed by atoms with van der Waals surface area (Å²) >= 11 is 0. The number of carbonyl (C=O) groups is 1. The molecule has 6 nitrogen and oxygen atoms in total. The summed E-state index contributed by atoms with van der Waals surface area (Å²) in [4.78, 5) is 17.0. The predicted molar refractivity (Wildman–Crippen MR) is 137 cm³/mol. The second-order valence-electron chi connectivity index (χ2n) is 8.74. The van der Waals surface area contributed by atoms with E-state index in [1.165, 1.54) is 13.0 Å². The molecule has 1 heterocycles. The molecule has 0 fully saturated rings. The third-order valence-electron chi connectivity index (χ3n) is 5.90. The van der Waals surface area contributed by atoms with Crippen molar-refractivity contribution in [1.82, 2.24) is 4.98 Å². The van der Waals surface area contributed by atoms with Gasteiger partial charge in [-0.1, -0.05) is 56.2 Å². The maximum Gasteiger partial charge on any atom is 0.542 e. The summed E-state index contributed by atoms with van der Waals surface area (Å²) in [5, 5.41) is 17.9. The number of aromatic nitrogens is 1. The number of carboxylic acids is 1. The fourth-order valence-corrected chi connectivity index (χ4v) is 4.72. The van der Waals surface area contributed by atoms with Crippen LogP contribution in [0, 0.1) is 24.6 Å². The highest BCUT2D eigenvalue weighted by molar-refractivity contribution is 7.43. The van der Waals surface area contributed by atoms with Crippen LogP contribution >= 0.6 is 8.03 Å². The third-order valence-corrected chi connectivity index (χ3v) is 7.48. The Morgan fingerprint density at radius 1 is 1.11 bits per heavy atom. The first kappa shape index (κ1) is 27.2. The zero-order chi connectivity index (χ0) is 26.6. The minimum absolute atomic E-state index is 0.125. The molecular formula is C28H28FNO5P+. The van der Waals surface area contributed by atoms with Crippen LogP contribution in [0.25, 0.3) is 22.4 Å². The smallest absolute Gasteiger partial charge is 0.477 e. The number of aliphatic carboxylic acids is 1. The summed E-state index contributed by atoms with van der Waals surface area (Å²) < 4.78 is 31.6. The van der Waals surface area contributed by atoms with Gasteiger partial charge in [0.2, 0.25) is 0 Å². The van der Waals surface area contributed by atoms with Crippen LogP contribution in [0.15, 0.2) is 54.6 Å². The average Bonchev–Trinajstić information content (AvgIpc) is 2.85. The van der Waals surface area contributed by atoms with Gasteiger partial charge in [-0.3, -0.25) is 4.98 Å². The molecule has 0 spiro atoms. The van der Waals surface area contributed by atoms with E-state index < -0.39 is 25.3 Å². The van der Waals surface area contributed by atoms with E-state index in [-0.39, 0.29) is 11.7 Å². The standard InChI is InChI=1S/C28H27FNO5P/c1-17(2)26-22(13-14-28(19(4)31,27(32)33)36(34)35-5)23(21-11-12-24(29)18(3)15-21)16-25(30-26)20-9-7-6-8-10-20/h6-12,15-17,19,31H,1-5H3/p+1. The lowest BCUT2D eigenvalue weighted by atomic mass is 9.91. The lowest BCUT2D eigenvalue weighted by Gasteiger charge is -2.17. The van der Waals surface area contributed by atoms with Crippen LogP contribution in [0.5, 0.6) is 0 Å². The molecule has 0 saturated carbocycles. The Morgan fingerprint density at radius 2 is 1.78 bits per heavy atom. The maximum absolute atomic E-state index is 14.1. The predicted octanol–water partition coefficient (Wildman–Crippen LogP) is 5.93. The van der Waals surface area contributed by atoms with E-state index in [0.717, 1.165) is 12.7 Å². The lowest BCUT2D eigenvalue weighted by molar-refractivity contribution is -0.141. The summed E-state index contributed by atoms with van der Waals surface area (Å²) in [7, 11) is -1.78. The summed E-state index contributed by atoms with van der Waals surface area (Å²) in [6, 6.07) is 16.0. The first-order chi connectivity index (χ1) is 17.0. The minimum atomic E-state index is -2.89. The van der Waals surface area contributed by atoms with E-state index in [1.807, 2.05) is 50.2 Å². The van der Waals surface area contributed by atoms with Gasteiger partial charge in [-0.25, -0.2) is 9.18 Å². The third kappa shape index (κ3) is 5.22. The Bertz CT molecular complexity index is 1360. The number of pyridine rings is 1. The van der Waals surface area contributed by atoms with Crippen LogP contribution < -0.4 is 0 Å². The first-order valence-corrected chi connectivity index (χ1v) is 12.5. The fourth-order valence-electron chi connectivity index (χ4n) is 3.83. The van der Waals surface area contributed by atoms with Crippen molar-refractivity contribution in [2.75, 3.05) is 7.11 Å². The van der Waals surface area contributed by atoms with Crippen molar-refractivity contribution < 1.29 is 28.5 Å². The highest BCUT2D eigenvalue weighted by Crippen LogP contribution is 2.43. The van der Waals surface area contributed by atoms with Gasteiger partial charge in [0.1, 0.15) is 11.9 Å². The van der Waals surface area contributed by atoms with Crippen LogP contribution in [0.4, 0.5) is 4.39 Å². The molecule has 2 aromatic carbocycles. The number of aliphatic hydroxyl groups excluding tert-OH is 1. The van der Waals surface area contributed by atoms with Gasteiger partial charge in [0, 0.05) is 11.1 Å². The zero-order valence-electron chi connectivity index (χ0n) is 20.7. The molecule has 3 aromatic rings. The van der Waals surface area contributed by atoms with Crippen molar-refractivity contribution >= 4 is 14.0 Å². The summed E-state index contributed by atoms with van der Waals surface area (Å²) in [6.45, 7) is 6.71. The molecule has 0 saturated heterocycles. The van der Waals surface area contributed by atoms with Gasteiger partial charge in [0.25, 0.3) is 0 Å². The number of halogens is 1. The Kier molecular flexibility index (Phi) is 8.37. The molecule has 3 rings (SSSR count). The van der Waals surface area contributed by atoms with E-state index in [2.05, 4.69) is 11.8 Å². The second-order valence-corrected chi connectivity index (χ2v) is 10.3. The summed E-state index contributed by atoms with van der Waals surface area (Å²) in [6.07, 6.45) is -1.60. The zero-order valence-corrected chi connectivity index (χ0v) is 21.6. The van der Waals surface area contributed by atoms with E-state index in [4.69, 9.17) is 9.51 Å². The van der Waals surface area contributed by atoms with Crippen molar-refractivity contribution in [3.63, 3.8) is 0 Å². The quantitative estimate of drug-likeness (QED) is 0.303. The molecule has 2 N–H and O–H groups in total. The molecule has 8 heteroatoms. The van der Waals surface area contributed by atoms with Gasteiger partial charge in [-0.05, 0) is 59.6 Å². The molecular weight excluding hydrogens is 480 g/mol. The SMILES string of the molecule is CO[P+](=O)C(C#Cc1c(-c2ccc(F)c(C)c2)cc(-c2ccccc2)nc1C(C)C)(C(=O)O)C(C)O. The number of hydrogen-bond acceptors (Lipinski definition) is 5. The maximum atomic E-state index is 14.1. The van der Waals surface area contributed by atoms with E-state index in [0.29, 0.717) is 33.6 Å². The van der Waals surface area contributed by atoms with E-state index >= 15 is 0 Å². The van der Waals surface area contributed by atoms with Crippen LogP contribution in [-0.4, -0.2) is 39.5 Å². The lowest BCUT2D eigenvalue weighted by Crippen LogP contribution is -2.44. The Hall–Kier alpha value is -3.43. The number of rotatable bonds is 7. The first-order valence-electron chi connectivity index (χ1n) is 11.4. The van der Waals surface area contributed by atoms with Crippen molar-refractivity contribution in [2.45, 2.75) is 44.9 Å². The molecule has 0 aliphatic rings. The fraction of sp³-hybridized carbons (Fsp3) is 0.286. The van der Waals surface area contributed by atoms with E-state index in [9.17, 15) is 24.0 Å². The Labute approximate surface area is 211 Å². The number of benzene rings is 2. The van der Waals surface area contributed by atoms with Gasteiger partial charge in [0.15, 0.2) is 0 Å². The number of nitrogens with zero attached hydrogens (tertiary/aromatic N) is 1. The van der Waals surface area contributed by atoms with E-state index in [1.54, 1.807) is 19.1 Å². The van der Waals surface area contributed by atoms with Crippen LogP contribution in [0.3, 0.4) is 0 Å². The van der Waals surface area contributed by atoms with Crippen LogP contribution in [0.2, 0.25) is 0 Å². The second kappa shape index (κ2) is 11.1. The van der Waals surface area contributed by atoms with Gasteiger partial charge in [-0.15, -0.1) is 4.52 Å². The van der Waals surface area contributed by atoms with Crippen LogP contribution in [-0.2, 0) is 13.9 Å². The van der Waals surface area contributed by atoms with Crippen molar-refractivity contribution in [1.29, 1.82) is 0 Å². The molecule has 36 heavy (non-hydrogen) atoms. The summed E-state index contributed by atoms with van der Waals surface area (Å²) in [5.41, 5.74) is 4.23. The van der Waals surface area contributed by atoms with Gasteiger partial charge in [-0.2, -0.15) is 0 Å². The van der Waals surface area contributed by atoms with Crippen molar-refractivity contribution in [2.24, 2.45) is 0 Å². The highest BCUT2D eigenvalue weighted by Gasteiger charge is 2.62. The number of aryl methyl sites for hydroxylation is 1. The molecule has 0 amide bonds. The number of aliphatic hydroxyl groups is 1. The van der Waals surface area contributed by atoms with Gasteiger partial charge >= 0.3 is 19.2 Å². The van der Waals surface area contributed by atoms with Crippen molar-refractivity contribution in [3.05, 3.63) is 77.2 Å². The monoisotopic (exact) mass is 508 g/mol. The molecule has 0 aliphatic heterocycles. The van der Waals surface area contributed by atoms with Crippen LogP contribution in [0.1, 0.15) is 43.5 Å². The average molecular weight is 509 g/mol. The largest absolute Gasteiger partial charge is 0.542 e. The minimum Gasteiger partial charge on any atom is -0.477 e. The Balaban J connectivity index is 2.42. The summed E-state index contributed by atoms with van der Waals surface area (Å²) in [5.74, 6) is 3.40. The molecule has 186 valence electrons. The molecule has 0 bridgehead atoms. The molecule has 0 aliphatic carbocycles. The topological polar surface area (TPSA) is 96.7 Å². The van der Waals surface area contributed by atoms with Gasteiger partial charge < -0.3 is 10.2 Å². The normalized spacial score (nSPS) is 13.9. The number of hydrogen-bond donors (Lipinski definition) is 2. The molecule has 0 radical (unpaired) electrons. The molecule has 3 unspecified atom stereocenters. The van der Waals surface area contributed by atoms with Crippen molar-refractivity contribution in [3.8, 4) is 34.2 Å².